The van der Waals surface area contributed by atoms with E-state index in [-0.39, 0.29) is 5.69 Å². The monoisotopic (exact) mass is 324 g/mol. The third-order valence-corrected chi connectivity index (χ3v) is 3.75. The molecule has 0 spiro atoms. The second kappa shape index (κ2) is 7.24. The molecule has 0 saturated heterocycles. The van der Waals surface area contributed by atoms with Gasteiger partial charge in [0.25, 0.3) is 0 Å². The SMILES string of the molecule is CCCNc1ncc([N+](=O)[O-])c(Sc2ccc(Cl)cc2)n1. The minimum absolute atomic E-state index is 0.114. The zero-order chi connectivity index (χ0) is 15.2. The Kier molecular flexibility index (Phi) is 5.35. The van der Waals surface area contributed by atoms with E-state index in [9.17, 15) is 10.1 Å². The van der Waals surface area contributed by atoms with Crippen molar-refractivity contribution in [3.05, 3.63) is 45.6 Å². The molecule has 6 nitrogen and oxygen atoms in total. The largest absolute Gasteiger partial charge is 0.354 e. The number of halogens is 1. The molecule has 0 fully saturated rings. The number of nitrogens with one attached hydrogen (secondary N) is 1. The molecule has 0 aliphatic rings. The number of rotatable bonds is 6. The number of nitro groups is 1. The van der Waals surface area contributed by atoms with Crippen LogP contribution in [0.2, 0.25) is 5.02 Å². The number of hydrogen-bond donors (Lipinski definition) is 1. The predicted molar refractivity (Wildman–Crippen MR) is 83.0 cm³/mol. The molecular weight excluding hydrogens is 312 g/mol. The summed E-state index contributed by atoms with van der Waals surface area (Å²) in [5, 5.41) is 15.0. The maximum atomic E-state index is 11.1. The van der Waals surface area contributed by atoms with Crippen LogP contribution >= 0.6 is 23.4 Å². The number of benzene rings is 1. The van der Waals surface area contributed by atoms with Gasteiger partial charge in [-0.15, -0.1) is 0 Å². The van der Waals surface area contributed by atoms with E-state index in [1.165, 1.54) is 18.0 Å². The molecule has 0 atom stereocenters. The van der Waals surface area contributed by atoms with E-state index in [4.69, 9.17) is 11.6 Å². The van der Waals surface area contributed by atoms with Crippen LogP contribution in [0.5, 0.6) is 0 Å². The minimum atomic E-state index is -0.484. The Labute approximate surface area is 131 Å². The first-order valence-corrected chi connectivity index (χ1v) is 7.48. The van der Waals surface area contributed by atoms with E-state index < -0.39 is 4.92 Å². The molecule has 8 heteroatoms. The zero-order valence-corrected chi connectivity index (χ0v) is 12.8. The van der Waals surface area contributed by atoms with Crippen LogP contribution in [0, 0.1) is 10.1 Å². The van der Waals surface area contributed by atoms with Crippen LogP contribution in [-0.2, 0) is 0 Å². The van der Waals surface area contributed by atoms with Crippen molar-refractivity contribution in [3.63, 3.8) is 0 Å². The third kappa shape index (κ3) is 4.30. The van der Waals surface area contributed by atoms with Gasteiger partial charge in [-0.1, -0.05) is 30.3 Å². The highest BCUT2D eigenvalue weighted by atomic mass is 35.5. The fourth-order valence-corrected chi connectivity index (χ4v) is 2.48. The summed E-state index contributed by atoms with van der Waals surface area (Å²) in [7, 11) is 0. The van der Waals surface area contributed by atoms with Gasteiger partial charge in [0.15, 0.2) is 5.03 Å². The minimum Gasteiger partial charge on any atom is -0.354 e. The first-order valence-electron chi connectivity index (χ1n) is 6.29. The van der Waals surface area contributed by atoms with Crippen LogP contribution in [0.1, 0.15) is 13.3 Å². The second-order valence-corrected chi connectivity index (χ2v) is 5.62. The summed E-state index contributed by atoms with van der Waals surface area (Å²) >= 11 is 7.03. The number of hydrogen-bond acceptors (Lipinski definition) is 6. The Hall–Kier alpha value is -1.86. The summed E-state index contributed by atoms with van der Waals surface area (Å²) in [4.78, 5) is 19.6. The molecule has 1 heterocycles. The molecule has 0 aliphatic heterocycles. The van der Waals surface area contributed by atoms with Crippen molar-refractivity contribution in [3.8, 4) is 0 Å². The van der Waals surface area contributed by atoms with E-state index >= 15 is 0 Å². The molecule has 0 saturated carbocycles. The summed E-state index contributed by atoms with van der Waals surface area (Å²) in [6, 6.07) is 7.04. The smallest absolute Gasteiger partial charge is 0.320 e. The lowest BCUT2D eigenvalue weighted by atomic mass is 10.4. The molecule has 21 heavy (non-hydrogen) atoms. The van der Waals surface area contributed by atoms with E-state index in [1.807, 2.05) is 6.92 Å². The lowest BCUT2D eigenvalue weighted by molar-refractivity contribution is -0.388. The van der Waals surface area contributed by atoms with Crippen LogP contribution in [0.25, 0.3) is 0 Å². The van der Waals surface area contributed by atoms with Gasteiger partial charge in [-0.05, 0) is 30.7 Å². The van der Waals surface area contributed by atoms with Crippen LogP contribution in [-0.4, -0.2) is 21.4 Å². The molecule has 1 aromatic carbocycles. The molecular formula is C13H13ClN4O2S. The van der Waals surface area contributed by atoms with Crippen molar-refractivity contribution in [2.24, 2.45) is 0 Å². The van der Waals surface area contributed by atoms with Crippen LogP contribution < -0.4 is 5.32 Å². The molecule has 110 valence electrons. The second-order valence-electron chi connectivity index (χ2n) is 4.12. The fourth-order valence-electron chi connectivity index (χ4n) is 1.50. The highest BCUT2D eigenvalue weighted by molar-refractivity contribution is 7.99. The summed E-state index contributed by atoms with van der Waals surface area (Å²) in [5.74, 6) is 0.388. The van der Waals surface area contributed by atoms with Gasteiger partial charge in [0.2, 0.25) is 5.95 Å². The van der Waals surface area contributed by atoms with Crippen molar-refractivity contribution in [2.75, 3.05) is 11.9 Å². The molecule has 1 aromatic heterocycles. The highest BCUT2D eigenvalue weighted by Crippen LogP contribution is 2.33. The average Bonchev–Trinajstić information content (AvgIpc) is 2.47. The Bertz CT molecular complexity index is 637. The van der Waals surface area contributed by atoms with Crippen molar-refractivity contribution in [2.45, 2.75) is 23.3 Å². The molecule has 0 aliphatic carbocycles. The van der Waals surface area contributed by atoms with Gasteiger partial charge in [0.1, 0.15) is 6.20 Å². The van der Waals surface area contributed by atoms with Gasteiger partial charge in [0.05, 0.1) is 4.92 Å². The van der Waals surface area contributed by atoms with Gasteiger partial charge < -0.3 is 5.32 Å². The Morgan fingerprint density at radius 1 is 1.38 bits per heavy atom. The normalized spacial score (nSPS) is 10.4. The summed E-state index contributed by atoms with van der Waals surface area (Å²) in [6.07, 6.45) is 2.14. The van der Waals surface area contributed by atoms with E-state index in [0.717, 1.165) is 11.3 Å². The number of anilines is 1. The van der Waals surface area contributed by atoms with Crippen molar-refractivity contribution in [1.82, 2.24) is 9.97 Å². The van der Waals surface area contributed by atoms with Crippen molar-refractivity contribution >= 4 is 35.0 Å². The first kappa shape index (κ1) is 15.5. The number of nitrogens with zero attached hydrogens (tertiary/aromatic N) is 3. The fraction of sp³-hybridized carbons (Fsp3) is 0.231. The van der Waals surface area contributed by atoms with Gasteiger partial charge in [-0.3, -0.25) is 10.1 Å². The molecule has 2 rings (SSSR count). The van der Waals surface area contributed by atoms with Gasteiger partial charge in [0, 0.05) is 16.5 Å². The van der Waals surface area contributed by atoms with E-state index in [1.54, 1.807) is 24.3 Å². The molecule has 1 N–H and O–H groups in total. The molecule has 2 aromatic rings. The standard InChI is InChI=1S/C13H13ClN4O2S/c1-2-7-15-13-16-8-11(18(19)20)12(17-13)21-10-5-3-9(14)4-6-10/h3-6,8H,2,7H2,1H3,(H,15,16,17). The third-order valence-electron chi connectivity index (χ3n) is 2.49. The summed E-state index contributed by atoms with van der Waals surface area (Å²) < 4.78 is 0. The average molecular weight is 325 g/mol. The van der Waals surface area contributed by atoms with Crippen molar-refractivity contribution in [1.29, 1.82) is 0 Å². The molecule has 0 radical (unpaired) electrons. The first-order chi connectivity index (χ1) is 10.1. The lowest BCUT2D eigenvalue weighted by Gasteiger charge is -2.06. The van der Waals surface area contributed by atoms with Crippen LogP contribution in [0.4, 0.5) is 11.6 Å². The van der Waals surface area contributed by atoms with E-state index in [0.29, 0.717) is 22.5 Å². The Balaban J connectivity index is 2.29. The van der Waals surface area contributed by atoms with Gasteiger partial charge >= 0.3 is 5.69 Å². The van der Waals surface area contributed by atoms with Gasteiger partial charge in [-0.2, -0.15) is 4.98 Å². The topological polar surface area (TPSA) is 81.0 Å². The summed E-state index contributed by atoms with van der Waals surface area (Å²) in [6.45, 7) is 2.73. The quantitative estimate of drug-likeness (QED) is 0.491. The zero-order valence-electron chi connectivity index (χ0n) is 11.2. The molecule has 0 bridgehead atoms. The van der Waals surface area contributed by atoms with E-state index in [2.05, 4.69) is 15.3 Å². The molecule has 0 unspecified atom stereocenters. The summed E-state index contributed by atoms with van der Waals surface area (Å²) in [5.41, 5.74) is -0.114. The highest BCUT2D eigenvalue weighted by Gasteiger charge is 2.18. The number of aromatic nitrogens is 2. The van der Waals surface area contributed by atoms with Crippen LogP contribution in [0.15, 0.2) is 40.4 Å². The Morgan fingerprint density at radius 3 is 2.71 bits per heavy atom. The Morgan fingerprint density at radius 2 is 2.10 bits per heavy atom. The maximum absolute atomic E-state index is 11.1. The molecule has 0 amide bonds. The predicted octanol–water partition coefficient (Wildman–Crippen LogP) is 4.01. The van der Waals surface area contributed by atoms with Gasteiger partial charge in [-0.25, -0.2) is 4.98 Å². The van der Waals surface area contributed by atoms with Crippen LogP contribution in [0.3, 0.4) is 0 Å². The maximum Gasteiger partial charge on any atom is 0.320 e. The lowest BCUT2D eigenvalue weighted by Crippen LogP contribution is -2.06. The van der Waals surface area contributed by atoms with Crippen molar-refractivity contribution < 1.29 is 4.92 Å².